The van der Waals surface area contributed by atoms with Crippen molar-refractivity contribution in [2.75, 3.05) is 22.9 Å². The minimum Gasteiger partial charge on any atom is -0.355 e. The predicted molar refractivity (Wildman–Crippen MR) is 117 cm³/mol. The van der Waals surface area contributed by atoms with E-state index in [-0.39, 0.29) is 0 Å². The number of rotatable bonds is 4. The summed E-state index contributed by atoms with van der Waals surface area (Å²) >= 11 is 0. The molecule has 29 heavy (non-hydrogen) atoms. The molecule has 1 unspecified atom stereocenters. The van der Waals surface area contributed by atoms with Gasteiger partial charge in [0, 0.05) is 24.8 Å². The van der Waals surface area contributed by atoms with Gasteiger partial charge in [-0.2, -0.15) is 10.1 Å². The number of hydrogen-bond acceptors (Lipinski definition) is 5. The Morgan fingerprint density at radius 3 is 2.55 bits per heavy atom. The van der Waals surface area contributed by atoms with Crippen molar-refractivity contribution in [3.05, 3.63) is 71.9 Å². The van der Waals surface area contributed by atoms with Gasteiger partial charge < -0.3 is 9.80 Å². The van der Waals surface area contributed by atoms with Gasteiger partial charge in [0.2, 0.25) is 0 Å². The molecule has 2 aromatic carbocycles. The van der Waals surface area contributed by atoms with E-state index in [1.165, 1.54) is 36.1 Å². The molecule has 2 aliphatic rings. The minimum absolute atomic E-state index is 0.348. The molecule has 0 saturated carbocycles. The highest BCUT2D eigenvalue weighted by molar-refractivity contribution is 5.67. The number of piperidine rings is 1. The van der Waals surface area contributed by atoms with Crippen molar-refractivity contribution in [2.24, 2.45) is 5.92 Å². The summed E-state index contributed by atoms with van der Waals surface area (Å²) in [6.45, 7) is 4.29. The lowest BCUT2D eigenvalue weighted by atomic mass is 9.90. The number of fused-ring (bicyclic) bond motifs is 1. The molecular formula is C24H27N5. The van der Waals surface area contributed by atoms with E-state index in [4.69, 9.17) is 4.98 Å². The van der Waals surface area contributed by atoms with Crippen molar-refractivity contribution in [2.45, 2.75) is 38.6 Å². The Hall–Kier alpha value is -2.95. The van der Waals surface area contributed by atoms with Gasteiger partial charge in [-0.05, 0) is 55.7 Å². The minimum atomic E-state index is 0.348. The predicted octanol–water partition coefficient (Wildman–Crippen LogP) is 4.41. The zero-order valence-corrected chi connectivity index (χ0v) is 16.9. The molecule has 5 heteroatoms. The van der Waals surface area contributed by atoms with Gasteiger partial charge in [0.1, 0.15) is 0 Å². The van der Waals surface area contributed by atoms with Gasteiger partial charge in [-0.25, -0.2) is 0 Å². The average Bonchev–Trinajstić information content (AvgIpc) is 3.11. The zero-order chi connectivity index (χ0) is 19.6. The summed E-state index contributed by atoms with van der Waals surface area (Å²) in [5.74, 6) is 2.41. The van der Waals surface area contributed by atoms with Crippen molar-refractivity contribution in [1.82, 2.24) is 15.2 Å². The SMILES string of the molecule is CC1Cc2ccccc2N1c1nncc(N2CCC(Cc3ccccc3)CC2)n1. The topological polar surface area (TPSA) is 45.2 Å². The first-order chi connectivity index (χ1) is 14.3. The molecule has 0 N–H and O–H groups in total. The third kappa shape index (κ3) is 3.69. The molecule has 1 saturated heterocycles. The Morgan fingerprint density at radius 1 is 0.966 bits per heavy atom. The second-order valence-electron chi connectivity index (χ2n) is 8.29. The molecule has 5 rings (SSSR count). The molecule has 1 aromatic heterocycles. The van der Waals surface area contributed by atoms with Crippen molar-refractivity contribution in [1.29, 1.82) is 0 Å². The summed E-state index contributed by atoms with van der Waals surface area (Å²) in [6, 6.07) is 19.7. The van der Waals surface area contributed by atoms with Crippen LogP contribution in [0, 0.1) is 5.92 Å². The van der Waals surface area contributed by atoms with E-state index in [2.05, 4.69) is 81.5 Å². The van der Waals surface area contributed by atoms with E-state index in [1.807, 2.05) is 6.20 Å². The Balaban J connectivity index is 1.29. The summed E-state index contributed by atoms with van der Waals surface area (Å²) in [6.07, 6.45) is 6.39. The lowest BCUT2D eigenvalue weighted by Crippen LogP contribution is -2.35. The summed E-state index contributed by atoms with van der Waals surface area (Å²) < 4.78 is 0. The van der Waals surface area contributed by atoms with Crippen LogP contribution >= 0.6 is 0 Å². The number of hydrogen-bond donors (Lipinski definition) is 0. The number of anilines is 3. The van der Waals surface area contributed by atoms with Gasteiger partial charge in [0.25, 0.3) is 5.95 Å². The normalized spacial score (nSPS) is 19.4. The fourth-order valence-electron chi connectivity index (χ4n) is 4.72. The molecule has 2 aliphatic heterocycles. The number of benzene rings is 2. The maximum atomic E-state index is 4.91. The molecule has 148 valence electrons. The summed E-state index contributed by atoms with van der Waals surface area (Å²) in [4.78, 5) is 9.51. The van der Waals surface area contributed by atoms with E-state index in [0.717, 1.165) is 31.2 Å². The first kappa shape index (κ1) is 18.1. The average molecular weight is 386 g/mol. The van der Waals surface area contributed by atoms with Crippen LogP contribution in [0.5, 0.6) is 0 Å². The second-order valence-corrected chi connectivity index (χ2v) is 8.29. The fourth-order valence-corrected chi connectivity index (χ4v) is 4.72. The van der Waals surface area contributed by atoms with E-state index < -0.39 is 0 Å². The third-order valence-electron chi connectivity index (χ3n) is 6.26. The summed E-state index contributed by atoms with van der Waals surface area (Å²) in [7, 11) is 0. The van der Waals surface area contributed by atoms with E-state index in [1.54, 1.807) is 0 Å². The molecule has 3 heterocycles. The molecule has 0 amide bonds. The molecule has 1 atom stereocenters. The van der Waals surface area contributed by atoms with Crippen molar-refractivity contribution in [3.8, 4) is 0 Å². The molecule has 0 bridgehead atoms. The smallest absolute Gasteiger partial charge is 0.252 e. The molecule has 0 aliphatic carbocycles. The van der Waals surface area contributed by atoms with Gasteiger partial charge in [-0.15, -0.1) is 5.10 Å². The highest BCUT2D eigenvalue weighted by Crippen LogP contribution is 2.36. The third-order valence-corrected chi connectivity index (χ3v) is 6.26. The molecular weight excluding hydrogens is 358 g/mol. The van der Waals surface area contributed by atoms with E-state index >= 15 is 0 Å². The highest BCUT2D eigenvalue weighted by atomic mass is 15.4. The maximum absolute atomic E-state index is 4.91. The molecule has 3 aromatic rings. The Kier molecular flexibility index (Phi) is 4.88. The summed E-state index contributed by atoms with van der Waals surface area (Å²) in [5, 5.41) is 8.68. The van der Waals surface area contributed by atoms with Crippen LogP contribution in [0.2, 0.25) is 0 Å². The van der Waals surface area contributed by atoms with Gasteiger partial charge in [0.15, 0.2) is 5.82 Å². The van der Waals surface area contributed by atoms with Crippen LogP contribution < -0.4 is 9.80 Å². The Labute approximate surface area is 172 Å². The van der Waals surface area contributed by atoms with Crippen molar-refractivity contribution in [3.63, 3.8) is 0 Å². The van der Waals surface area contributed by atoms with Crippen LogP contribution in [0.15, 0.2) is 60.8 Å². The molecule has 1 fully saturated rings. The molecule has 5 nitrogen and oxygen atoms in total. The van der Waals surface area contributed by atoms with Crippen LogP contribution in [-0.2, 0) is 12.8 Å². The fraction of sp³-hybridized carbons (Fsp3) is 0.375. The van der Waals surface area contributed by atoms with Crippen LogP contribution in [0.3, 0.4) is 0 Å². The van der Waals surface area contributed by atoms with E-state index in [0.29, 0.717) is 12.0 Å². The Morgan fingerprint density at radius 2 is 1.72 bits per heavy atom. The molecule has 0 radical (unpaired) electrons. The van der Waals surface area contributed by atoms with Crippen LogP contribution in [0.4, 0.5) is 17.5 Å². The van der Waals surface area contributed by atoms with Crippen LogP contribution in [0.25, 0.3) is 0 Å². The second kappa shape index (κ2) is 7.82. The number of para-hydroxylation sites is 1. The zero-order valence-electron chi connectivity index (χ0n) is 16.9. The number of nitrogens with zero attached hydrogens (tertiary/aromatic N) is 5. The van der Waals surface area contributed by atoms with Gasteiger partial charge >= 0.3 is 0 Å². The van der Waals surface area contributed by atoms with Gasteiger partial charge in [-0.1, -0.05) is 48.5 Å². The van der Waals surface area contributed by atoms with Crippen LogP contribution in [-0.4, -0.2) is 34.3 Å². The van der Waals surface area contributed by atoms with E-state index in [9.17, 15) is 0 Å². The standard InChI is InChI=1S/C24H27N5/c1-18-15-21-9-5-6-10-22(21)29(18)24-26-23(17-25-27-24)28-13-11-20(12-14-28)16-19-7-3-2-4-8-19/h2-10,17-18,20H,11-16H2,1H3. The summed E-state index contributed by atoms with van der Waals surface area (Å²) in [5.41, 5.74) is 4.01. The van der Waals surface area contributed by atoms with Crippen molar-refractivity contribution >= 4 is 17.5 Å². The quantitative estimate of drug-likeness (QED) is 0.665. The highest BCUT2D eigenvalue weighted by Gasteiger charge is 2.30. The van der Waals surface area contributed by atoms with Gasteiger partial charge in [-0.3, -0.25) is 0 Å². The van der Waals surface area contributed by atoms with Crippen LogP contribution in [0.1, 0.15) is 30.9 Å². The first-order valence-corrected chi connectivity index (χ1v) is 10.6. The maximum Gasteiger partial charge on any atom is 0.252 e. The first-order valence-electron chi connectivity index (χ1n) is 10.6. The monoisotopic (exact) mass is 385 g/mol. The number of aromatic nitrogens is 3. The molecule has 0 spiro atoms. The lowest BCUT2D eigenvalue weighted by molar-refractivity contribution is 0.402. The lowest BCUT2D eigenvalue weighted by Gasteiger charge is -2.33. The van der Waals surface area contributed by atoms with Crippen molar-refractivity contribution < 1.29 is 0 Å². The van der Waals surface area contributed by atoms with Gasteiger partial charge in [0.05, 0.1) is 6.20 Å². The Bertz CT molecular complexity index is 966. The largest absolute Gasteiger partial charge is 0.355 e.